The molecule has 0 bridgehead atoms. The largest absolute Gasteiger partial charge is 0.318 e. The molecule has 1 rings (SSSR count). The predicted octanol–water partition coefficient (Wildman–Crippen LogP) is 2.17. The Hall–Kier alpha value is -0.640. The SMILES string of the molecule is CCCN(CCNC)Cc1ccncc1Cl. The topological polar surface area (TPSA) is 28.2 Å². The Morgan fingerprint density at radius 2 is 2.25 bits per heavy atom. The Morgan fingerprint density at radius 1 is 1.44 bits per heavy atom. The Balaban J connectivity index is 2.56. The van der Waals surface area contributed by atoms with Crippen molar-refractivity contribution in [2.45, 2.75) is 19.9 Å². The molecule has 0 aliphatic rings. The Bertz CT molecular complexity index is 304. The van der Waals surface area contributed by atoms with Crippen molar-refractivity contribution in [3.8, 4) is 0 Å². The van der Waals surface area contributed by atoms with Gasteiger partial charge in [-0.2, -0.15) is 0 Å². The quantitative estimate of drug-likeness (QED) is 0.793. The van der Waals surface area contributed by atoms with Crippen molar-refractivity contribution in [3.63, 3.8) is 0 Å². The number of nitrogens with one attached hydrogen (secondary N) is 1. The van der Waals surface area contributed by atoms with Gasteiger partial charge in [0.2, 0.25) is 0 Å². The maximum absolute atomic E-state index is 6.10. The molecule has 1 N–H and O–H groups in total. The lowest BCUT2D eigenvalue weighted by molar-refractivity contribution is 0.268. The molecule has 0 aliphatic carbocycles. The van der Waals surface area contributed by atoms with Crippen molar-refractivity contribution >= 4 is 11.6 Å². The zero-order valence-corrected chi connectivity index (χ0v) is 10.8. The van der Waals surface area contributed by atoms with Crippen molar-refractivity contribution in [2.24, 2.45) is 0 Å². The van der Waals surface area contributed by atoms with E-state index in [0.29, 0.717) is 0 Å². The van der Waals surface area contributed by atoms with Crippen molar-refractivity contribution in [1.29, 1.82) is 0 Å². The van der Waals surface area contributed by atoms with Gasteiger partial charge in [-0.1, -0.05) is 18.5 Å². The van der Waals surface area contributed by atoms with Crippen LogP contribution in [-0.4, -0.2) is 36.6 Å². The molecule has 1 aromatic rings. The van der Waals surface area contributed by atoms with Crippen LogP contribution in [0.25, 0.3) is 0 Å². The molecule has 1 aromatic heterocycles. The minimum atomic E-state index is 0.757. The third kappa shape index (κ3) is 4.47. The average Bonchev–Trinajstić information content (AvgIpc) is 2.29. The zero-order valence-electron chi connectivity index (χ0n) is 10.0. The number of nitrogens with zero attached hydrogens (tertiary/aromatic N) is 2. The first-order valence-electron chi connectivity index (χ1n) is 5.73. The summed E-state index contributed by atoms with van der Waals surface area (Å²) in [4.78, 5) is 6.40. The minimum Gasteiger partial charge on any atom is -0.318 e. The van der Waals surface area contributed by atoms with Gasteiger partial charge < -0.3 is 5.32 Å². The molecule has 0 saturated carbocycles. The summed E-state index contributed by atoms with van der Waals surface area (Å²) in [7, 11) is 1.98. The highest BCUT2D eigenvalue weighted by molar-refractivity contribution is 6.31. The molecule has 16 heavy (non-hydrogen) atoms. The second-order valence-electron chi connectivity index (χ2n) is 3.85. The second-order valence-corrected chi connectivity index (χ2v) is 4.25. The molecule has 0 aliphatic heterocycles. The highest BCUT2D eigenvalue weighted by atomic mass is 35.5. The standard InChI is InChI=1S/C12H20ClN3/c1-3-7-16(8-6-14-2)10-11-4-5-15-9-12(11)13/h4-5,9,14H,3,6-8,10H2,1-2H3. The van der Waals surface area contributed by atoms with Gasteiger partial charge in [0.05, 0.1) is 5.02 Å². The van der Waals surface area contributed by atoms with E-state index in [1.54, 1.807) is 12.4 Å². The van der Waals surface area contributed by atoms with Crippen LogP contribution < -0.4 is 5.32 Å². The summed E-state index contributed by atoms with van der Waals surface area (Å²) in [6.45, 7) is 6.24. The molecule has 0 unspecified atom stereocenters. The predicted molar refractivity (Wildman–Crippen MR) is 68.7 cm³/mol. The van der Waals surface area contributed by atoms with Crippen LogP contribution in [0, 0.1) is 0 Å². The number of rotatable bonds is 7. The van der Waals surface area contributed by atoms with Crippen molar-refractivity contribution in [3.05, 3.63) is 29.0 Å². The highest BCUT2D eigenvalue weighted by Gasteiger charge is 2.06. The fraction of sp³-hybridized carbons (Fsp3) is 0.583. The maximum Gasteiger partial charge on any atom is 0.0634 e. The maximum atomic E-state index is 6.10. The molecule has 90 valence electrons. The van der Waals surface area contributed by atoms with E-state index in [1.165, 1.54) is 0 Å². The Kier molecular flexibility index (Phi) is 6.38. The van der Waals surface area contributed by atoms with Gasteiger partial charge >= 0.3 is 0 Å². The van der Waals surface area contributed by atoms with E-state index < -0.39 is 0 Å². The summed E-state index contributed by atoms with van der Waals surface area (Å²) in [5, 5.41) is 3.93. The lowest BCUT2D eigenvalue weighted by Gasteiger charge is -2.21. The van der Waals surface area contributed by atoms with Crippen molar-refractivity contribution in [2.75, 3.05) is 26.7 Å². The average molecular weight is 242 g/mol. The lowest BCUT2D eigenvalue weighted by atomic mass is 10.2. The van der Waals surface area contributed by atoms with Crippen LogP contribution in [0.3, 0.4) is 0 Å². The molecule has 0 radical (unpaired) electrons. The first-order chi connectivity index (χ1) is 7.77. The number of hydrogen-bond donors (Lipinski definition) is 1. The fourth-order valence-corrected chi connectivity index (χ4v) is 1.81. The van der Waals surface area contributed by atoms with E-state index in [2.05, 4.69) is 22.1 Å². The van der Waals surface area contributed by atoms with Crippen LogP contribution in [0.5, 0.6) is 0 Å². The Morgan fingerprint density at radius 3 is 2.88 bits per heavy atom. The van der Waals surface area contributed by atoms with Crippen LogP contribution in [-0.2, 0) is 6.54 Å². The van der Waals surface area contributed by atoms with Gasteiger partial charge in [-0.3, -0.25) is 9.88 Å². The van der Waals surface area contributed by atoms with E-state index in [1.807, 2.05) is 13.1 Å². The van der Waals surface area contributed by atoms with Crippen LogP contribution in [0.1, 0.15) is 18.9 Å². The van der Waals surface area contributed by atoms with Gasteiger partial charge in [0.15, 0.2) is 0 Å². The van der Waals surface area contributed by atoms with E-state index in [0.717, 1.165) is 43.2 Å². The fourth-order valence-electron chi connectivity index (χ4n) is 1.63. The Labute approximate surface area is 103 Å². The summed E-state index contributed by atoms with van der Waals surface area (Å²) in [6.07, 6.45) is 4.66. The number of aromatic nitrogens is 1. The third-order valence-corrected chi connectivity index (χ3v) is 2.81. The van der Waals surface area contributed by atoms with Crippen LogP contribution in [0.15, 0.2) is 18.5 Å². The molecule has 0 aromatic carbocycles. The van der Waals surface area contributed by atoms with E-state index >= 15 is 0 Å². The molecule has 0 saturated heterocycles. The molecule has 0 spiro atoms. The molecular weight excluding hydrogens is 222 g/mol. The zero-order chi connectivity index (χ0) is 11.8. The van der Waals surface area contributed by atoms with Crippen LogP contribution in [0.2, 0.25) is 5.02 Å². The van der Waals surface area contributed by atoms with E-state index in [-0.39, 0.29) is 0 Å². The van der Waals surface area contributed by atoms with Crippen molar-refractivity contribution < 1.29 is 0 Å². The number of hydrogen-bond acceptors (Lipinski definition) is 3. The van der Waals surface area contributed by atoms with Crippen LogP contribution in [0.4, 0.5) is 0 Å². The van der Waals surface area contributed by atoms with Gasteiger partial charge in [-0.25, -0.2) is 0 Å². The van der Waals surface area contributed by atoms with Gasteiger partial charge in [-0.15, -0.1) is 0 Å². The summed E-state index contributed by atoms with van der Waals surface area (Å²) in [6, 6.07) is 1.99. The smallest absolute Gasteiger partial charge is 0.0634 e. The molecular formula is C12H20ClN3. The second kappa shape index (κ2) is 7.60. The summed E-state index contributed by atoms with van der Waals surface area (Å²) < 4.78 is 0. The van der Waals surface area contributed by atoms with Crippen molar-refractivity contribution in [1.82, 2.24) is 15.2 Å². The molecule has 0 atom stereocenters. The van der Waals surface area contributed by atoms with Gasteiger partial charge in [0.25, 0.3) is 0 Å². The molecule has 0 amide bonds. The summed E-state index contributed by atoms with van der Waals surface area (Å²) in [5.74, 6) is 0. The molecule has 1 heterocycles. The normalized spacial score (nSPS) is 11.0. The van der Waals surface area contributed by atoms with Gasteiger partial charge in [0, 0.05) is 32.0 Å². The first-order valence-corrected chi connectivity index (χ1v) is 6.11. The number of likely N-dealkylation sites (N-methyl/N-ethyl adjacent to an activating group) is 1. The molecule has 3 nitrogen and oxygen atoms in total. The molecule has 0 fully saturated rings. The highest BCUT2D eigenvalue weighted by Crippen LogP contribution is 2.15. The van der Waals surface area contributed by atoms with E-state index in [4.69, 9.17) is 11.6 Å². The van der Waals surface area contributed by atoms with Gasteiger partial charge in [0.1, 0.15) is 0 Å². The van der Waals surface area contributed by atoms with Gasteiger partial charge in [-0.05, 0) is 31.6 Å². The summed E-state index contributed by atoms with van der Waals surface area (Å²) in [5.41, 5.74) is 1.15. The number of pyridine rings is 1. The lowest BCUT2D eigenvalue weighted by Crippen LogP contribution is -2.31. The van der Waals surface area contributed by atoms with Crippen LogP contribution >= 0.6 is 11.6 Å². The third-order valence-electron chi connectivity index (χ3n) is 2.47. The number of halogens is 1. The molecule has 4 heteroatoms. The summed E-state index contributed by atoms with van der Waals surface area (Å²) >= 11 is 6.10. The van der Waals surface area contributed by atoms with E-state index in [9.17, 15) is 0 Å². The first kappa shape index (κ1) is 13.4. The minimum absolute atomic E-state index is 0.757. The monoisotopic (exact) mass is 241 g/mol.